The Morgan fingerprint density at radius 1 is 1.07 bits per heavy atom. The van der Waals surface area contributed by atoms with Crippen molar-refractivity contribution in [3.05, 3.63) is 72.6 Å². The van der Waals surface area contributed by atoms with Crippen LogP contribution in [0.1, 0.15) is 30.1 Å². The first-order chi connectivity index (χ1) is 13.4. The minimum atomic E-state index is 0.433. The Morgan fingerprint density at radius 3 is 2.85 bits per heavy atom. The van der Waals surface area contributed by atoms with Crippen molar-refractivity contribution >= 4 is 26.7 Å². The van der Waals surface area contributed by atoms with Crippen LogP contribution < -0.4 is 4.90 Å². The lowest BCUT2D eigenvalue weighted by molar-refractivity contribution is 0.476. The third-order valence-electron chi connectivity index (χ3n) is 5.19. The van der Waals surface area contributed by atoms with Crippen LogP contribution in [0.4, 0.5) is 5.13 Å². The highest BCUT2D eigenvalue weighted by molar-refractivity contribution is 7.22. The van der Waals surface area contributed by atoms with E-state index < -0.39 is 0 Å². The maximum Gasteiger partial charge on any atom is 0.186 e. The number of fused-ring (bicyclic) bond motifs is 1. The molecule has 0 N–H and O–H groups in total. The molecule has 0 amide bonds. The molecule has 1 aliphatic rings. The average Bonchev–Trinajstić information content (AvgIpc) is 3.36. The van der Waals surface area contributed by atoms with E-state index in [4.69, 9.17) is 9.97 Å². The van der Waals surface area contributed by atoms with Gasteiger partial charge >= 0.3 is 0 Å². The SMILES string of the molecule is c1ccc2sc(N3CCC[C@H](c4nccn4Cc4ccncc4)C3)nc2c1. The van der Waals surface area contributed by atoms with Crippen LogP contribution in [0.25, 0.3) is 10.2 Å². The lowest BCUT2D eigenvalue weighted by atomic mass is 9.97. The Hall–Kier alpha value is -2.73. The van der Waals surface area contributed by atoms with E-state index in [9.17, 15) is 0 Å². The molecule has 1 saturated heterocycles. The fraction of sp³-hybridized carbons (Fsp3) is 0.286. The molecule has 0 aliphatic carbocycles. The monoisotopic (exact) mass is 375 g/mol. The van der Waals surface area contributed by atoms with Crippen molar-refractivity contribution in [3.8, 4) is 0 Å². The van der Waals surface area contributed by atoms with Crippen LogP contribution in [0.3, 0.4) is 0 Å². The van der Waals surface area contributed by atoms with Crippen LogP contribution in [0, 0.1) is 0 Å². The van der Waals surface area contributed by atoms with E-state index in [1.165, 1.54) is 28.9 Å². The van der Waals surface area contributed by atoms with Gasteiger partial charge in [-0.15, -0.1) is 0 Å². The molecule has 1 aromatic carbocycles. The van der Waals surface area contributed by atoms with E-state index in [-0.39, 0.29) is 0 Å². The van der Waals surface area contributed by atoms with Crippen LogP contribution in [0.2, 0.25) is 0 Å². The summed E-state index contributed by atoms with van der Waals surface area (Å²) in [6.45, 7) is 2.89. The van der Waals surface area contributed by atoms with Gasteiger partial charge in [0.15, 0.2) is 5.13 Å². The number of nitrogens with zero attached hydrogens (tertiary/aromatic N) is 5. The highest BCUT2D eigenvalue weighted by Gasteiger charge is 2.26. The van der Waals surface area contributed by atoms with E-state index in [2.05, 4.69) is 57.0 Å². The summed E-state index contributed by atoms with van der Waals surface area (Å²) < 4.78 is 3.54. The Labute approximate surface area is 162 Å². The van der Waals surface area contributed by atoms with Crippen LogP contribution in [-0.2, 0) is 6.54 Å². The summed E-state index contributed by atoms with van der Waals surface area (Å²) >= 11 is 1.79. The van der Waals surface area contributed by atoms with Crippen molar-refractivity contribution in [3.63, 3.8) is 0 Å². The van der Waals surface area contributed by atoms with Crippen molar-refractivity contribution in [2.75, 3.05) is 18.0 Å². The molecule has 136 valence electrons. The summed E-state index contributed by atoms with van der Waals surface area (Å²) in [5.74, 6) is 1.61. The number of hydrogen-bond donors (Lipinski definition) is 0. The number of thiazole rings is 1. The standard InChI is InChI=1S/C21H21N5S/c1-2-6-19-18(5-1)24-21(27-19)26-12-3-4-17(15-26)20-23-11-13-25(20)14-16-7-9-22-10-8-16/h1-2,5-11,13,17H,3-4,12,14-15H2/t17-/m0/s1. The van der Waals surface area contributed by atoms with Gasteiger partial charge in [-0.05, 0) is 42.7 Å². The van der Waals surface area contributed by atoms with Gasteiger partial charge < -0.3 is 9.47 Å². The molecular weight excluding hydrogens is 354 g/mol. The number of rotatable bonds is 4. The van der Waals surface area contributed by atoms with Crippen molar-refractivity contribution in [2.24, 2.45) is 0 Å². The maximum absolute atomic E-state index is 4.85. The molecule has 4 aromatic rings. The van der Waals surface area contributed by atoms with Gasteiger partial charge in [-0.3, -0.25) is 4.98 Å². The van der Waals surface area contributed by atoms with Crippen LogP contribution in [0.5, 0.6) is 0 Å². The number of hydrogen-bond acceptors (Lipinski definition) is 5. The molecule has 5 nitrogen and oxygen atoms in total. The lowest BCUT2D eigenvalue weighted by Gasteiger charge is -2.32. The quantitative estimate of drug-likeness (QED) is 0.533. The molecule has 3 aromatic heterocycles. The van der Waals surface area contributed by atoms with Gasteiger partial charge in [0.05, 0.1) is 10.2 Å². The average molecular weight is 376 g/mol. The molecule has 4 heterocycles. The highest BCUT2D eigenvalue weighted by Crippen LogP contribution is 2.34. The predicted molar refractivity (Wildman–Crippen MR) is 109 cm³/mol. The van der Waals surface area contributed by atoms with Crippen molar-refractivity contribution < 1.29 is 0 Å². The fourth-order valence-electron chi connectivity index (χ4n) is 3.86. The third-order valence-corrected chi connectivity index (χ3v) is 6.29. The molecule has 0 unspecified atom stereocenters. The lowest BCUT2D eigenvalue weighted by Crippen LogP contribution is -2.35. The molecule has 1 aliphatic heterocycles. The van der Waals surface area contributed by atoms with Crippen molar-refractivity contribution in [1.82, 2.24) is 19.5 Å². The van der Waals surface area contributed by atoms with E-state index in [0.29, 0.717) is 5.92 Å². The second-order valence-corrected chi connectivity index (χ2v) is 8.03. The summed E-state index contributed by atoms with van der Waals surface area (Å²) in [7, 11) is 0. The van der Waals surface area contributed by atoms with E-state index in [0.717, 1.165) is 30.3 Å². The number of imidazole rings is 1. The number of aromatic nitrogens is 4. The van der Waals surface area contributed by atoms with Gasteiger partial charge in [0, 0.05) is 50.3 Å². The molecule has 0 radical (unpaired) electrons. The normalized spacial score (nSPS) is 17.5. The molecule has 0 bridgehead atoms. The highest BCUT2D eigenvalue weighted by atomic mass is 32.1. The zero-order valence-corrected chi connectivity index (χ0v) is 15.8. The molecule has 1 atom stereocenters. The smallest absolute Gasteiger partial charge is 0.186 e. The Bertz CT molecular complexity index is 1010. The number of anilines is 1. The van der Waals surface area contributed by atoms with Gasteiger partial charge in [-0.2, -0.15) is 0 Å². The van der Waals surface area contributed by atoms with Gasteiger partial charge in [-0.1, -0.05) is 23.5 Å². The zero-order valence-electron chi connectivity index (χ0n) is 15.0. The summed E-state index contributed by atoms with van der Waals surface area (Å²) in [6.07, 6.45) is 10.1. The number of para-hydroxylation sites is 1. The summed E-state index contributed by atoms with van der Waals surface area (Å²) in [5, 5.41) is 1.13. The molecule has 6 heteroatoms. The Balaban J connectivity index is 1.38. The minimum absolute atomic E-state index is 0.433. The maximum atomic E-state index is 4.85. The second kappa shape index (κ2) is 7.12. The van der Waals surface area contributed by atoms with Crippen molar-refractivity contribution in [1.29, 1.82) is 0 Å². The summed E-state index contributed by atoms with van der Waals surface area (Å²) in [5.41, 5.74) is 2.35. The first-order valence-electron chi connectivity index (χ1n) is 9.37. The largest absolute Gasteiger partial charge is 0.347 e. The summed E-state index contributed by atoms with van der Waals surface area (Å²) in [6, 6.07) is 12.5. The summed E-state index contributed by atoms with van der Waals surface area (Å²) in [4.78, 5) is 16.1. The van der Waals surface area contributed by atoms with Crippen LogP contribution in [-0.4, -0.2) is 32.6 Å². The third kappa shape index (κ3) is 3.32. The second-order valence-electron chi connectivity index (χ2n) is 7.02. The predicted octanol–water partition coefficient (Wildman–Crippen LogP) is 4.32. The first kappa shape index (κ1) is 16.4. The molecule has 0 spiro atoms. The van der Waals surface area contributed by atoms with E-state index in [1.807, 2.05) is 18.6 Å². The van der Waals surface area contributed by atoms with Crippen molar-refractivity contribution in [2.45, 2.75) is 25.3 Å². The molecule has 1 fully saturated rings. The topological polar surface area (TPSA) is 46.8 Å². The van der Waals surface area contributed by atoms with Gasteiger partial charge in [0.25, 0.3) is 0 Å². The van der Waals surface area contributed by atoms with Crippen LogP contribution >= 0.6 is 11.3 Å². The number of pyridine rings is 1. The minimum Gasteiger partial charge on any atom is -0.347 e. The molecule has 5 rings (SSSR count). The zero-order chi connectivity index (χ0) is 18.1. The van der Waals surface area contributed by atoms with Gasteiger partial charge in [0.1, 0.15) is 5.82 Å². The Morgan fingerprint density at radius 2 is 1.96 bits per heavy atom. The first-order valence-corrected chi connectivity index (χ1v) is 10.2. The van der Waals surface area contributed by atoms with Gasteiger partial charge in [-0.25, -0.2) is 9.97 Å². The number of benzene rings is 1. The van der Waals surface area contributed by atoms with Gasteiger partial charge in [0.2, 0.25) is 0 Å². The fourth-order valence-corrected chi connectivity index (χ4v) is 4.86. The number of piperidine rings is 1. The molecular formula is C21H21N5S. The van der Waals surface area contributed by atoms with E-state index in [1.54, 1.807) is 11.3 Å². The molecule has 27 heavy (non-hydrogen) atoms. The Kier molecular flexibility index (Phi) is 4.33. The van der Waals surface area contributed by atoms with E-state index >= 15 is 0 Å². The molecule has 0 saturated carbocycles. The van der Waals surface area contributed by atoms with Crippen LogP contribution in [0.15, 0.2) is 61.2 Å².